The van der Waals surface area contributed by atoms with Crippen LogP contribution in [0.15, 0.2) is 0 Å². The second-order valence-corrected chi connectivity index (χ2v) is 5.06. The van der Waals surface area contributed by atoms with Gasteiger partial charge in [0.15, 0.2) is 0 Å². The highest BCUT2D eigenvalue weighted by Gasteiger charge is 2.27. The Morgan fingerprint density at radius 3 is 2.61 bits per heavy atom. The van der Waals surface area contributed by atoms with E-state index in [1.165, 1.54) is 19.3 Å². The first-order chi connectivity index (χ1) is 8.75. The van der Waals surface area contributed by atoms with Gasteiger partial charge in [-0.1, -0.05) is 32.6 Å². The van der Waals surface area contributed by atoms with Crippen molar-refractivity contribution in [1.82, 2.24) is 0 Å². The Labute approximate surface area is 110 Å². The quantitative estimate of drug-likeness (QED) is 0.535. The number of hydrogen-bond donors (Lipinski definition) is 1. The second-order valence-electron chi connectivity index (χ2n) is 5.06. The number of ether oxygens (including phenoxy) is 2. The molecule has 0 saturated heterocycles. The summed E-state index contributed by atoms with van der Waals surface area (Å²) in [6, 6.07) is -0.444. The molecule has 1 unspecified atom stereocenters. The molecule has 0 aromatic rings. The third-order valence-electron chi connectivity index (χ3n) is 3.54. The summed E-state index contributed by atoms with van der Waals surface area (Å²) in [5, 5.41) is 0. The van der Waals surface area contributed by atoms with E-state index in [0.717, 1.165) is 32.3 Å². The molecule has 4 nitrogen and oxygen atoms in total. The first-order valence-corrected chi connectivity index (χ1v) is 7.25. The molecule has 0 amide bonds. The molecule has 1 saturated carbocycles. The Kier molecular flexibility index (Phi) is 8.01. The Hall–Kier alpha value is -0.610. The fraction of sp³-hybridized carbons (Fsp3) is 0.929. The van der Waals surface area contributed by atoms with Crippen LogP contribution >= 0.6 is 0 Å². The zero-order valence-corrected chi connectivity index (χ0v) is 11.5. The van der Waals surface area contributed by atoms with Gasteiger partial charge in [-0.2, -0.15) is 0 Å². The van der Waals surface area contributed by atoms with Crippen molar-refractivity contribution < 1.29 is 14.3 Å². The van der Waals surface area contributed by atoms with E-state index in [1.807, 2.05) is 0 Å². The summed E-state index contributed by atoms with van der Waals surface area (Å²) in [7, 11) is 0. The smallest absolute Gasteiger partial charge is 0.323 e. The highest BCUT2D eigenvalue weighted by molar-refractivity contribution is 5.75. The van der Waals surface area contributed by atoms with Crippen LogP contribution in [0.25, 0.3) is 0 Å². The lowest BCUT2D eigenvalue weighted by Crippen LogP contribution is -2.40. The lowest BCUT2D eigenvalue weighted by molar-refractivity contribution is -0.148. The van der Waals surface area contributed by atoms with Crippen LogP contribution in [-0.2, 0) is 14.3 Å². The molecule has 106 valence electrons. The molecule has 1 atom stereocenters. The van der Waals surface area contributed by atoms with Crippen LogP contribution in [0.4, 0.5) is 0 Å². The third kappa shape index (κ3) is 5.83. The molecule has 0 aliphatic heterocycles. The monoisotopic (exact) mass is 257 g/mol. The van der Waals surface area contributed by atoms with Crippen LogP contribution < -0.4 is 5.73 Å². The molecule has 2 N–H and O–H groups in total. The van der Waals surface area contributed by atoms with Gasteiger partial charge in [-0.3, -0.25) is 4.79 Å². The van der Waals surface area contributed by atoms with Crippen molar-refractivity contribution in [3.05, 3.63) is 0 Å². The van der Waals surface area contributed by atoms with Crippen molar-refractivity contribution in [2.24, 2.45) is 11.7 Å². The molecule has 0 bridgehead atoms. The Balaban J connectivity index is 2.07. The van der Waals surface area contributed by atoms with Gasteiger partial charge in [0.25, 0.3) is 0 Å². The number of carbonyl (C=O) groups excluding carboxylic acids is 1. The standard InChI is InChI=1S/C14H27NO3/c1-2-3-9-17-10-11-18-14(16)13(15)12-7-5-4-6-8-12/h12-13H,2-11,15H2,1H3. The molecule has 0 aromatic carbocycles. The van der Waals surface area contributed by atoms with Crippen molar-refractivity contribution in [1.29, 1.82) is 0 Å². The molecular formula is C14H27NO3. The van der Waals surface area contributed by atoms with E-state index in [1.54, 1.807) is 0 Å². The Bertz CT molecular complexity index is 227. The van der Waals surface area contributed by atoms with Crippen molar-refractivity contribution in [2.45, 2.75) is 57.9 Å². The average molecular weight is 257 g/mol. The summed E-state index contributed by atoms with van der Waals surface area (Å²) in [5.74, 6) is 0.0493. The molecule has 1 aliphatic rings. The number of carbonyl (C=O) groups is 1. The van der Waals surface area contributed by atoms with Crippen molar-refractivity contribution >= 4 is 5.97 Å². The molecular weight excluding hydrogens is 230 g/mol. The van der Waals surface area contributed by atoms with Gasteiger partial charge in [-0.15, -0.1) is 0 Å². The minimum atomic E-state index is -0.444. The summed E-state index contributed by atoms with van der Waals surface area (Å²) in [6.45, 7) is 3.65. The molecule has 1 aliphatic carbocycles. The first kappa shape index (κ1) is 15.4. The molecule has 0 radical (unpaired) electrons. The molecule has 1 fully saturated rings. The van der Waals surface area contributed by atoms with Gasteiger partial charge in [0.05, 0.1) is 6.61 Å². The van der Waals surface area contributed by atoms with E-state index < -0.39 is 6.04 Å². The fourth-order valence-electron chi connectivity index (χ4n) is 2.33. The van der Waals surface area contributed by atoms with Gasteiger partial charge in [-0.05, 0) is 25.2 Å². The third-order valence-corrected chi connectivity index (χ3v) is 3.54. The summed E-state index contributed by atoms with van der Waals surface area (Å²) >= 11 is 0. The van der Waals surface area contributed by atoms with E-state index in [4.69, 9.17) is 15.2 Å². The van der Waals surface area contributed by atoms with Crippen LogP contribution in [0, 0.1) is 5.92 Å². The number of hydrogen-bond acceptors (Lipinski definition) is 4. The van der Waals surface area contributed by atoms with E-state index >= 15 is 0 Å². The molecule has 18 heavy (non-hydrogen) atoms. The highest BCUT2D eigenvalue weighted by atomic mass is 16.6. The number of rotatable bonds is 8. The number of nitrogens with two attached hydrogens (primary N) is 1. The predicted molar refractivity (Wildman–Crippen MR) is 71.2 cm³/mol. The molecule has 4 heteroatoms. The topological polar surface area (TPSA) is 61.5 Å². The molecule has 0 heterocycles. The summed E-state index contributed by atoms with van der Waals surface area (Å²) < 4.78 is 10.5. The van der Waals surface area contributed by atoms with E-state index in [0.29, 0.717) is 19.1 Å². The van der Waals surface area contributed by atoms with Gasteiger partial charge < -0.3 is 15.2 Å². The van der Waals surface area contributed by atoms with Crippen LogP contribution in [0.3, 0.4) is 0 Å². The summed E-state index contributed by atoms with van der Waals surface area (Å²) in [5.41, 5.74) is 5.94. The maximum Gasteiger partial charge on any atom is 0.323 e. The van der Waals surface area contributed by atoms with Crippen LogP contribution in [0.1, 0.15) is 51.9 Å². The summed E-state index contributed by atoms with van der Waals surface area (Å²) in [4.78, 5) is 11.7. The predicted octanol–water partition coefficient (Wildman–Crippen LogP) is 2.25. The number of unbranched alkanes of at least 4 members (excludes halogenated alkanes) is 1. The van der Waals surface area contributed by atoms with Gasteiger partial charge in [0, 0.05) is 6.61 Å². The zero-order valence-electron chi connectivity index (χ0n) is 11.5. The Morgan fingerprint density at radius 2 is 1.94 bits per heavy atom. The second kappa shape index (κ2) is 9.34. The van der Waals surface area contributed by atoms with Crippen LogP contribution in [-0.4, -0.2) is 31.8 Å². The lowest BCUT2D eigenvalue weighted by Gasteiger charge is -2.25. The maximum atomic E-state index is 11.7. The average Bonchev–Trinajstić information content (AvgIpc) is 2.42. The van der Waals surface area contributed by atoms with Gasteiger partial charge in [0.1, 0.15) is 12.6 Å². The van der Waals surface area contributed by atoms with Gasteiger partial charge in [0.2, 0.25) is 0 Å². The summed E-state index contributed by atoms with van der Waals surface area (Å²) in [6.07, 6.45) is 7.93. The van der Waals surface area contributed by atoms with E-state index in [-0.39, 0.29) is 5.97 Å². The van der Waals surface area contributed by atoms with Crippen molar-refractivity contribution in [3.8, 4) is 0 Å². The molecule has 0 aromatic heterocycles. The lowest BCUT2D eigenvalue weighted by atomic mass is 9.84. The molecule has 0 spiro atoms. The van der Waals surface area contributed by atoms with Crippen LogP contribution in [0.5, 0.6) is 0 Å². The largest absolute Gasteiger partial charge is 0.462 e. The van der Waals surface area contributed by atoms with Crippen molar-refractivity contribution in [2.75, 3.05) is 19.8 Å². The maximum absolute atomic E-state index is 11.7. The minimum Gasteiger partial charge on any atom is -0.462 e. The molecule has 1 rings (SSSR count). The fourth-order valence-corrected chi connectivity index (χ4v) is 2.33. The SMILES string of the molecule is CCCCOCCOC(=O)C(N)C1CCCCC1. The van der Waals surface area contributed by atoms with Gasteiger partial charge >= 0.3 is 5.97 Å². The highest BCUT2D eigenvalue weighted by Crippen LogP contribution is 2.25. The zero-order chi connectivity index (χ0) is 13.2. The normalized spacial score (nSPS) is 18.6. The van der Waals surface area contributed by atoms with Gasteiger partial charge in [-0.25, -0.2) is 0 Å². The first-order valence-electron chi connectivity index (χ1n) is 7.25. The number of esters is 1. The Morgan fingerprint density at radius 1 is 1.22 bits per heavy atom. The van der Waals surface area contributed by atoms with Crippen LogP contribution in [0.2, 0.25) is 0 Å². The van der Waals surface area contributed by atoms with E-state index in [2.05, 4.69) is 6.92 Å². The minimum absolute atomic E-state index is 0.263. The van der Waals surface area contributed by atoms with Crippen molar-refractivity contribution in [3.63, 3.8) is 0 Å². The van der Waals surface area contributed by atoms with E-state index in [9.17, 15) is 4.79 Å².